The molecule has 2 aromatic heterocycles. The summed E-state index contributed by atoms with van der Waals surface area (Å²) < 4.78 is 7.22. The fourth-order valence-corrected chi connectivity index (χ4v) is 4.36. The minimum absolute atomic E-state index is 0.00234. The van der Waals surface area contributed by atoms with Gasteiger partial charge < -0.3 is 14.2 Å². The van der Waals surface area contributed by atoms with Crippen LogP contribution in [-0.4, -0.2) is 49.1 Å². The number of nitro groups is 1. The first-order valence-electron chi connectivity index (χ1n) is 10.8. The predicted molar refractivity (Wildman–Crippen MR) is 123 cm³/mol. The fraction of sp³-hybridized carbons (Fsp3) is 0.208. The highest BCUT2D eigenvalue weighted by molar-refractivity contribution is 6.00. The number of aromatic amines is 1. The van der Waals surface area contributed by atoms with Gasteiger partial charge in [0.05, 0.1) is 30.1 Å². The van der Waals surface area contributed by atoms with E-state index in [1.807, 2.05) is 35.0 Å². The van der Waals surface area contributed by atoms with E-state index in [2.05, 4.69) is 15.2 Å². The lowest BCUT2D eigenvalue weighted by molar-refractivity contribution is -0.384. The molecule has 2 aromatic carbocycles. The summed E-state index contributed by atoms with van der Waals surface area (Å²) in [7, 11) is 1.60. The number of aryl methyl sites for hydroxylation is 1. The number of H-pyrrole nitrogens is 1. The van der Waals surface area contributed by atoms with E-state index in [1.165, 1.54) is 12.1 Å². The molecule has 1 aliphatic rings. The molecule has 1 N–H and O–H groups in total. The maximum absolute atomic E-state index is 13.4. The Bertz CT molecular complexity index is 1310. The van der Waals surface area contributed by atoms with Crippen LogP contribution < -0.4 is 4.74 Å². The minimum atomic E-state index is -0.432. The van der Waals surface area contributed by atoms with Gasteiger partial charge in [0.1, 0.15) is 11.4 Å². The Kier molecular flexibility index (Phi) is 5.54. The van der Waals surface area contributed by atoms with Gasteiger partial charge in [-0.2, -0.15) is 5.10 Å². The lowest BCUT2D eigenvalue weighted by atomic mass is 9.96. The Morgan fingerprint density at radius 1 is 1.12 bits per heavy atom. The number of nitrogens with zero attached hydrogens (tertiary/aromatic N) is 5. The summed E-state index contributed by atoms with van der Waals surface area (Å²) >= 11 is 0. The van der Waals surface area contributed by atoms with E-state index in [-0.39, 0.29) is 11.6 Å². The van der Waals surface area contributed by atoms with Crippen molar-refractivity contribution in [3.8, 4) is 17.0 Å². The third-order valence-electron chi connectivity index (χ3n) is 6.02. The summed E-state index contributed by atoms with van der Waals surface area (Å²) in [5, 5.41) is 18.5. The number of non-ortho nitro benzene ring substituents is 1. The molecule has 0 bridgehead atoms. The van der Waals surface area contributed by atoms with Crippen molar-refractivity contribution in [2.45, 2.75) is 19.0 Å². The Labute approximate surface area is 195 Å². The summed E-state index contributed by atoms with van der Waals surface area (Å²) in [5.41, 5.74) is 3.52. The van der Waals surface area contributed by atoms with Gasteiger partial charge in [0.25, 0.3) is 11.6 Å². The Morgan fingerprint density at radius 2 is 1.88 bits per heavy atom. The Morgan fingerprint density at radius 3 is 2.53 bits per heavy atom. The normalized spacial score (nSPS) is 14.9. The molecule has 1 amide bonds. The third-order valence-corrected chi connectivity index (χ3v) is 6.02. The van der Waals surface area contributed by atoms with E-state index >= 15 is 0 Å². The number of carbonyl (C=O) groups excluding carboxylic acids is 1. The van der Waals surface area contributed by atoms with Crippen molar-refractivity contribution in [1.29, 1.82) is 0 Å². The van der Waals surface area contributed by atoms with Crippen molar-refractivity contribution >= 4 is 11.6 Å². The fourth-order valence-electron chi connectivity index (χ4n) is 4.36. The largest absolute Gasteiger partial charge is 0.497 e. The molecule has 1 unspecified atom stereocenters. The van der Waals surface area contributed by atoms with E-state index in [0.29, 0.717) is 24.5 Å². The van der Waals surface area contributed by atoms with Crippen LogP contribution in [0.4, 0.5) is 5.69 Å². The van der Waals surface area contributed by atoms with Gasteiger partial charge in [0, 0.05) is 48.7 Å². The van der Waals surface area contributed by atoms with Crippen LogP contribution in [0, 0.1) is 10.1 Å². The van der Waals surface area contributed by atoms with Gasteiger partial charge >= 0.3 is 0 Å². The number of nitro benzene ring substituents is 1. The van der Waals surface area contributed by atoms with Gasteiger partial charge in [-0.3, -0.25) is 20.0 Å². The van der Waals surface area contributed by atoms with E-state index in [1.54, 1.807) is 36.7 Å². The molecule has 34 heavy (non-hydrogen) atoms. The van der Waals surface area contributed by atoms with Gasteiger partial charge in [0.2, 0.25) is 0 Å². The number of nitrogens with one attached hydrogen (secondary N) is 1. The zero-order chi connectivity index (χ0) is 23.7. The van der Waals surface area contributed by atoms with Crippen molar-refractivity contribution in [2.75, 3.05) is 13.7 Å². The molecule has 10 heteroatoms. The molecule has 0 aliphatic carbocycles. The number of imidazole rings is 1. The summed E-state index contributed by atoms with van der Waals surface area (Å²) in [6.07, 6.45) is 6.07. The first-order chi connectivity index (χ1) is 16.6. The van der Waals surface area contributed by atoms with Crippen LogP contribution >= 0.6 is 0 Å². The van der Waals surface area contributed by atoms with Crippen molar-refractivity contribution < 1.29 is 14.5 Å². The number of benzene rings is 2. The number of methoxy groups -OCH3 is 1. The number of aromatic nitrogens is 4. The van der Waals surface area contributed by atoms with Crippen LogP contribution in [0.25, 0.3) is 11.3 Å². The van der Waals surface area contributed by atoms with Crippen LogP contribution in [0.1, 0.15) is 34.1 Å². The number of rotatable bonds is 8. The number of ether oxygens (including phenoxy) is 1. The second kappa shape index (κ2) is 8.81. The molecule has 5 rings (SSSR count). The second-order valence-corrected chi connectivity index (χ2v) is 7.99. The molecule has 3 heterocycles. The molecule has 1 atom stereocenters. The van der Waals surface area contributed by atoms with E-state index < -0.39 is 11.0 Å². The zero-order valence-electron chi connectivity index (χ0n) is 18.4. The quantitative estimate of drug-likeness (QED) is 0.317. The molecule has 0 spiro atoms. The first-order valence-corrected chi connectivity index (χ1v) is 10.8. The summed E-state index contributed by atoms with van der Waals surface area (Å²) in [6, 6.07) is 13.4. The Balaban J connectivity index is 1.52. The molecule has 0 radical (unpaired) electrons. The van der Waals surface area contributed by atoms with Crippen LogP contribution in [0.2, 0.25) is 0 Å². The minimum Gasteiger partial charge on any atom is -0.497 e. The van der Waals surface area contributed by atoms with Gasteiger partial charge in [0.15, 0.2) is 0 Å². The number of hydrogen-bond donors (Lipinski definition) is 1. The van der Waals surface area contributed by atoms with E-state index in [4.69, 9.17) is 4.74 Å². The molecular weight excluding hydrogens is 436 g/mol. The van der Waals surface area contributed by atoms with Gasteiger partial charge in [-0.1, -0.05) is 0 Å². The molecule has 1 aliphatic heterocycles. The van der Waals surface area contributed by atoms with E-state index in [0.717, 1.165) is 28.9 Å². The number of carbonyl (C=O) groups is 1. The molecule has 0 saturated heterocycles. The first kappa shape index (κ1) is 21.4. The van der Waals surface area contributed by atoms with E-state index in [9.17, 15) is 14.9 Å². The monoisotopic (exact) mass is 458 g/mol. The Hall–Kier alpha value is -4.47. The lowest BCUT2D eigenvalue weighted by Gasteiger charge is -2.26. The predicted octanol–water partition coefficient (Wildman–Crippen LogP) is 3.83. The lowest BCUT2D eigenvalue weighted by Crippen LogP contribution is -2.31. The second-order valence-electron chi connectivity index (χ2n) is 7.99. The smallest absolute Gasteiger partial charge is 0.273 e. The SMILES string of the molecule is COc1ccc(-c2n[nH]c3c2C(c2ccc([N+](=O)[O-])cc2)N(CCCn2ccnc2)C3=O)cc1. The zero-order valence-corrected chi connectivity index (χ0v) is 18.4. The third kappa shape index (κ3) is 3.79. The average Bonchev–Trinajstić information content (AvgIpc) is 3.58. The van der Waals surface area contributed by atoms with Crippen LogP contribution in [0.3, 0.4) is 0 Å². The molecule has 0 fully saturated rings. The van der Waals surface area contributed by atoms with Crippen LogP contribution in [0.15, 0.2) is 67.3 Å². The van der Waals surface area contributed by atoms with Crippen LogP contribution in [-0.2, 0) is 6.54 Å². The summed E-state index contributed by atoms with van der Waals surface area (Å²) in [6.45, 7) is 1.22. The topological polar surface area (TPSA) is 119 Å². The van der Waals surface area contributed by atoms with Gasteiger partial charge in [-0.15, -0.1) is 0 Å². The average molecular weight is 458 g/mol. The van der Waals surface area contributed by atoms with Crippen molar-refractivity contribution in [3.63, 3.8) is 0 Å². The summed E-state index contributed by atoms with van der Waals surface area (Å²) in [5.74, 6) is 0.580. The highest BCUT2D eigenvalue weighted by atomic mass is 16.6. The van der Waals surface area contributed by atoms with Crippen molar-refractivity contribution in [2.24, 2.45) is 0 Å². The maximum Gasteiger partial charge on any atom is 0.273 e. The molecule has 172 valence electrons. The van der Waals surface area contributed by atoms with Crippen molar-refractivity contribution in [3.05, 3.63) is 94.2 Å². The highest BCUT2D eigenvalue weighted by Gasteiger charge is 2.42. The number of fused-ring (bicyclic) bond motifs is 1. The van der Waals surface area contributed by atoms with Gasteiger partial charge in [-0.05, 0) is 48.4 Å². The maximum atomic E-state index is 13.4. The molecule has 4 aromatic rings. The van der Waals surface area contributed by atoms with Gasteiger partial charge in [-0.25, -0.2) is 4.98 Å². The molecule has 10 nitrogen and oxygen atoms in total. The summed E-state index contributed by atoms with van der Waals surface area (Å²) in [4.78, 5) is 30.0. The molecular formula is C24H22N6O4. The standard InChI is InChI=1S/C24H22N6O4/c1-34-19-9-5-16(6-10-19)21-20-22(27-26-21)24(31)29(13-2-12-28-14-11-25-15-28)23(20)17-3-7-18(8-4-17)30(32)33/h3-11,14-15,23H,2,12-13H2,1H3,(H,26,27). The molecule has 0 saturated carbocycles. The highest BCUT2D eigenvalue weighted by Crippen LogP contribution is 2.43. The van der Waals surface area contributed by atoms with Crippen molar-refractivity contribution in [1.82, 2.24) is 24.6 Å². The number of amides is 1. The number of hydrogen-bond acceptors (Lipinski definition) is 6. The van der Waals surface area contributed by atoms with Crippen LogP contribution in [0.5, 0.6) is 5.75 Å².